The Labute approximate surface area is 124 Å². The van der Waals surface area contributed by atoms with Crippen LogP contribution in [-0.2, 0) is 0 Å². The second-order valence-corrected chi connectivity index (χ2v) is 5.85. The molecule has 1 aromatic heterocycles. The molecule has 2 aromatic rings. The normalized spacial score (nSPS) is 12.6. The van der Waals surface area contributed by atoms with Crippen LogP contribution in [-0.4, -0.2) is 15.9 Å². The van der Waals surface area contributed by atoms with Crippen LogP contribution in [0.2, 0.25) is 0 Å². The number of aromatic nitrogens is 1. The summed E-state index contributed by atoms with van der Waals surface area (Å²) in [4.78, 5) is 14.9. The minimum Gasteiger partial charge on any atom is -0.368 e. The number of anilines is 1. The van der Waals surface area contributed by atoms with Crippen LogP contribution in [0.5, 0.6) is 0 Å². The second-order valence-electron chi connectivity index (χ2n) is 5.85. The van der Waals surface area contributed by atoms with Crippen molar-refractivity contribution in [1.82, 2.24) is 4.98 Å². The number of nitrogens with one attached hydrogen (secondary N) is 1. The van der Waals surface area contributed by atoms with Gasteiger partial charge in [0, 0.05) is 23.6 Å². The van der Waals surface area contributed by atoms with Gasteiger partial charge < -0.3 is 5.32 Å². The highest BCUT2D eigenvalue weighted by molar-refractivity contribution is 5.82. The van der Waals surface area contributed by atoms with E-state index < -0.39 is 0 Å². The van der Waals surface area contributed by atoms with Gasteiger partial charge in [-0.25, -0.2) is 4.98 Å². The smallest absolute Gasteiger partial charge is 0.270 e. The molecule has 112 valence electrons. The molecule has 1 N–H and O–H groups in total. The van der Waals surface area contributed by atoms with E-state index in [1.165, 1.54) is 12.5 Å². The summed E-state index contributed by atoms with van der Waals surface area (Å²) in [5, 5.41) is 14.9. The lowest BCUT2D eigenvalue weighted by atomic mass is 10.0. The average molecular weight is 287 g/mol. The third kappa shape index (κ3) is 4.15. The van der Waals surface area contributed by atoms with Gasteiger partial charge in [0.1, 0.15) is 5.82 Å². The molecule has 1 aromatic carbocycles. The van der Waals surface area contributed by atoms with Crippen LogP contribution in [0.4, 0.5) is 11.5 Å². The van der Waals surface area contributed by atoms with Gasteiger partial charge in [0.25, 0.3) is 5.69 Å². The lowest BCUT2D eigenvalue weighted by Crippen LogP contribution is -2.16. The Morgan fingerprint density at radius 3 is 2.62 bits per heavy atom. The summed E-state index contributed by atoms with van der Waals surface area (Å²) in [5.74, 6) is 1.51. The van der Waals surface area contributed by atoms with Gasteiger partial charge in [0.05, 0.1) is 10.4 Å². The molecule has 0 bridgehead atoms. The summed E-state index contributed by atoms with van der Waals surface area (Å²) < 4.78 is 0. The van der Waals surface area contributed by atoms with Crippen molar-refractivity contribution in [2.45, 2.75) is 39.7 Å². The van der Waals surface area contributed by atoms with Gasteiger partial charge in [0.15, 0.2) is 0 Å². The van der Waals surface area contributed by atoms with Gasteiger partial charge in [-0.2, -0.15) is 0 Å². The molecule has 0 aliphatic rings. The van der Waals surface area contributed by atoms with Gasteiger partial charge in [-0.1, -0.05) is 13.8 Å². The monoisotopic (exact) mass is 287 g/mol. The zero-order chi connectivity index (χ0) is 15.4. The molecule has 21 heavy (non-hydrogen) atoms. The molecule has 0 saturated heterocycles. The molecule has 1 unspecified atom stereocenters. The van der Waals surface area contributed by atoms with Crippen LogP contribution in [0.1, 0.15) is 33.6 Å². The Bertz CT molecular complexity index is 640. The van der Waals surface area contributed by atoms with E-state index in [2.05, 4.69) is 31.1 Å². The predicted molar refractivity (Wildman–Crippen MR) is 85.6 cm³/mol. The first kappa shape index (κ1) is 15.2. The standard InChI is InChI=1S/C16H21N3O2/c1-11(2)4-5-12(3)17-16-9-6-13-10-14(19(20)21)7-8-15(13)18-16/h6-12H,4-5H2,1-3H3,(H,17,18). The lowest BCUT2D eigenvalue weighted by Gasteiger charge is -2.15. The van der Waals surface area contributed by atoms with Crippen LogP contribution in [0, 0.1) is 16.0 Å². The van der Waals surface area contributed by atoms with Gasteiger partial charge in [-0.3, -0.25) is 10.1 Å². The van der Waals surface area contributed by atoms with Crippen molar-refractivity contribution in [3.05, 3.63) is 40.4 Å². The van der Waals surface area contributed by atoms with Gasteiger partial charge in [-0.15, -0.1) is 0 Å². The lowest BCUT2D eigenvalue weighted by molar-refractivity contribution is -0.384. The third-order valence-electron chi connectivity index (χ3n) is 3.45. The fourth-order valence-electron chi connectivity index (χ4n) is 2.21. The Hall–Kier alpha value is -2.17. The van der Waals surface area contributed by atoms with Crippen molar-refractivity contribution in [2.75, 3.05) is 5.32 Å². The first-order valence-corrected chi connectivity index (χ1v) is 7.27. The predicted octanol–water partition coefficient (Wildman–Crippen LogP) is 4.38. The van der Waals surface area contributed by atoms with Crippen LogP contribution < -0.4 is 5.32 Å². The number of nitro groups is 1. The molecule has 0 fully saturated rings. The van der Waals surface area contributed by atoms with Crippen LogP contribution in [0.3, 0.4) is 0 Å². The number of hydrogen-bond donors (Lipinski definition) is 1. The van der Waals surface area contributed by atoms with E-state index in [9.17, 15) is 10.1 Å². The Morgan fingerprint density at radius 1 is 1.19 bits per heavy atom. The highest BCUT2D eigenvalue weighted by Crippen LogP contribution is 2.21. The zero-order valence-corrected chi connectivity index (χ0v) is 12.7. The van der Waals surface area contributed by atoms with E-state index in [0.717, 1.165) is 23.1 Å². The Morgan fingerprint density at radius 2 is 1.95 bits per heavy atom. The zero-order valence-electron chi connectivity index (χ0n) is 12.7. The summed E-state index contributed by atoms with van der Waals surface area (Å²) >= 11 is 0. The molecule has 0 radical (unpaired) electrons. The van der Waals surface area contributed by atoms with E-state index in [4.69, 9.17) is 0 Å². The van der Waals surface area contributed by atoms with Crippen molar-refractivity contribution in [1.29, 1.82) is 0 Å². The highest BCUT2D eigenvalue weighted by atomic mass is 16.6. The Kier molecular flexibility index (Phi) is 4.73. The quantitative estimate of drug-likeness (QED) is 0.632. The number of nitrogens with zero attached hydrogens (tertiary/aromatic N) is 2. The topological polar surface area (TPSA) is 68.1 Å². The number of benzene rings is 1. The average Bonchev–Trinajstić information content (AvgIpc) is 2.44. The Balaban J connectivity index is 2.12. The van der Waals surface area contributed by atoms with E-state index in [1.54, 1.807) is 12.1 Å². The molecule has 0 aliphatic heterocycles. The van der Waals surface area contributed by atoms with Crippen molar-refractivity contribution in [3.63, 3.8) is 0 Å². The summed E-state index contributed by atoms with van der Waals surface area (Å²) in [6.07, 6.45) is 2.27. The molecule has 0 amide bonds. The fourth-order valence-corrected chi connectivity index (χ4v) is 2.21. The summed E-state index contributed by atoms with van der Waals surface area (Å²) in [5.41, 5.74) is 0.858. The number of rotatable bonds is 6. The fraction of sp³-hybridized carbons (Fsp3) is 0.438. The molecule has 0 saturated carbocycles. The first-order chi connectivity index (χ1) is 9.95. The molecule has 1 heterocycles. The van der Waals surface area contributed by atoms with Crippen molar-refractivity contribution < 1.29 is 4.92 Å². The van der Waals surface area contributed by atoms with E-state index in [0.29, 0.717) is 12.0 Å². The minimum absolute atomic E-state index is 0.0929. The number of fused-ring (bicyclic) bond motifs is 1. The van der Waals surface area contributed by atoms with Crippen molar-refractivity contribution in [2.24, 2.45) is 5.92 Å². The molecular weight excluding hydrogens is 266 g/mol. The largest absolute Gasteiger partial charge is 0.368 e. The molecule has 5 heteroatoms. The minimum atomic E-state index is -0.389. The van der Waals surface area contributed by atoms with Crippen molar-refractivity contribution >= 4 is 22.4 Å². The first-order valence-electron chi connectivity index (χ1n) is 7.27. The molecule has 5 nitrogen and oxygen atoms in total. The number of non-ortho nitro benzene ring substituents is 1. The third-order valence-corrected chi connectivity index (χ3v) is 3.45. The molecule has 2 rings (SSSR count). The summed E-state index contributed by atoms with van der Waals surface area (Å²) in [6.45, 7) is 6.58. The van der Waals surface area contributed by atoms with Gasteiger partial charge in [0.2, 0.25) is 0 Å². The maximum Gasteiger partial charge on any atom is 0.270 e. The molecule has 0 spiro atoms. The maximum atomic E-state index is 10.8. The van der Waals surface area contributed by atoms with Crippen LogP contribution >= 0.6 is 0 Å². The van der Waals surface area contributed by atoms with Crippen LogP contribution in [0.25, 0.3) is 10.9 Å². The summed E-state index contributed by atoms with van der Waals surface area (Å²) in [6, 6.07) is 8.83. The SMILES string of the molecule is CC(C)CCC(C)Nc1ccc2cc([N+](=O)[O-])ccc2n1. The number of pyridine rings is 1. The number of nitro benzene ring substituents is 1. The van der Waals surface area contributed by atoms with E-state index >= 15 is 0 Å². The molecule has 1 atom stereocenters. The van der Waals surface area contributed by atoms with Crippen molar-refractivity contribution in [3.8, 4) is 0 Å². The maximum absolute atomic E-state index is 10.8. The summed E-state index contributed by atoms with van der Waals surface area (Å²) in [7, 11) is 0. The van der Waals surface area contributed by atoms with Gasteiger partial charge in [-0.05, 0) is 43.9 Å². The second kappa shape index (κ2) is 6.52. The van der Waals surface area contributed by atoms with E-state index in [-0.39, 0.29) is 10.6 Å². The highest BCUT2D eigenvalue weighted by Gasteiger charge is 2.08. The number of hydrogen-bond acceptors (Lipinski definition) is 4. The molecular formula is C16H21N3O2. The molecule has 0 aliphatic carbocycles. The van der Waals surface area contributed by atoms with Crippen LogP contribution in [0.15, 0.2) is 30.3 Å². The van der Waals surface area contributed by atoms with E-state index in [1.807, 2.05) is 12.1 Å². The van der Waals surface area contributed by atoms with Gasteiger partial charge >= 0.3 is 0 Å².